The zero-order valence-corrected chi connectivity index (χ0v) is 18.8. The number of nitrogens with one attached hydrogen (secondary N) is 1. The second-order valence-corrected chi connectivity index (χ2v) is 7.07. The van der Waals surface area contributed by atoms with E-state index >= 15 is 0 Å². The number of alkyl halides is 1. The van der Waals surface area contributed by atoms with E-state index in [0.717, 1.165) is 11.1 Å². The number of pyridine rings is 1. The van der Waals surface area contributed by atoms with Gasteiger partial charge < -0.3 is 19.9 Å². The molecular weight excluding hydrogens is 428 g/mol. The maximum atomic E-state index is 10.4. The molecule has 2 aliphatic carbocycles. The first-order valence-corrected chi connectivity index (χ1v) is 10.4. The fourth-order valence-electron chi connectivity index (χ4n) is 2.69. The van der Waals surface area contributed by atoms with Crippen molar-refractivity contribution in [3.05, 3.63) is 114 Å². The van der Waals surface area contributed by atoms with Gasteiger partial charge in [0, 0.05) is 18.1 Å². The van der Waals surface area contributed by atoms with E-state index in [1.807, 2.05) is 43.4 Å². The molecule has 0 aliphatic heterocycles. The highest BCUT2D eigenvalue weighted by molar-refractivity contribution is 6.23. The summed E-state index contributed by atoms with van der Waals surface area (Å²) in [5.74, 6) is 1.23. The molecule has 0 aromatic carbocycles. The fraction of sp³-hybridized carbons (Fsp3) is 0.200. The van der Waals surface area contributed by atoms with Crippen molar-refractivity contribution in [2.75, 3.05) is 7.11 Å². The van der Waals surface area contributed by atoms with Crippen molar-refractivity contribution in [1.29, 1.82) is 0 Å². The first-order chi connectivity index (χ1) is 15.6. The molecular formula is C25H27ClN2O4. The SMILES string of the molecule is C/C=C/C1=CC=C(OC)C(O)C=C1.O=CNC1=CC=CC(OCc2ccncc2)=CC1Cl. The first kappa shape index (κ1) is 24.9. The van der Waals surface area contributed by atoms with Gasteiger partial charge in [-0.05, 0) is 60.6 Å². The minimum absolute atomic E-state index is 0.423. The summed E-state index contributed by atoms with van der Waals surface area (Å²) < 4.78 is 10.7. The summed E-state index contributed by atoms with van der Waals surface area (Å²) >= 11 is 6.15. The molecule has 0 bridgehead atoms. The summed E-state index contributed by atoms with van der Waals surface area (Å²) in [5, 5.41) is 11.6. The number of aromatic nitrogens is 1. The topological polar surface area (TPSA) is 80.7 Å². The van der Waals surface area contributed by atoms with E-state index in [-0.39, 0.29) is 0 Å². The van der Waals surface area contributed by atoms with Crippen LogP contribution in [0.3, 0.4) is 0 Å². The molecule has 1 heterocycles. The molecule has 2 unspecified atom stereocenters. The van der Waals surface area contributed by atoms with Crippen LogP contribution in [0.5, 0.6) is 0 Å². The minimum atomic E-state index is -0.635. The van der Waals surface area contributed by atoms with E-state index < -0.39 is 11.5 Å². The number of carbonyl (C=O) groups is 1. The lowest BCUT2D eigenvalue weighted by atomic mass is 10.2. The monoisotopic (exact) mass is 454 g/mol. The molecule has 168 valence electrons. The van der Waals surface area contributed by atoms with Gasteiger partial charge in [-0.3, -0.25) is 9.78 Å². The quantitative estimate of drug-likeness (QED) is 0.475. The molecule has 2 aliphatic rings. The molecule has 1 amide bonds. The zero-order valence-electron chi connectivity index (χ0n) is 18.0. The standard InChI is InChI=1S/C14H13ClN2O2.C11H14O2/c15-13-8-12(2-1-3-14(13)17-10-18)19-9-11-4-6-16-7-5-11;1-3-4-9-5-7-10(12)11(13-2)8-6-9/h1-8,10,13H,9H2,(H,17,18);3-8,10,12H,1-2H3/b;4-3+. The number of rotatable bonds is 7. The van der Waals surface area contributed by atoms with Gasteiger partial charge in [-0.25, -0.2) is 0 Å². The molecule has 0 fully saturated rings. The van der Waals surface area contributed by atoms with Gasteiger partial charge in [0.05, 0.1) is 12.5 Å². The Morgan fingerprint density at radius 3 is 2.69 bits per heavy atom. The lowest BCUT2D eigenvalue weighted by Gasteiger charge is -2.10. The van der Waals surface area contributed by atoms with Crippen molar-refractivity contribution in [2.45, 2.75) is 25.0 Å². The maximum absolute atomic E-state index is 10.4. The number of nitrogens with zero attached hydrogens (tertiary/aromatic N) is 1. The smallest absolute Gasteiger partial charge is 0.211 e. The number of ether oxygens (including phenoxy) is 2. The summed E-state index contributed by atoms with van der Waals surface area (Å²) in [7, 11) is 1.55. The molecule has 1 aromatic rings. The van der Waals surface area contributed by atoms with Crippen LogP contribution in [0.2, 0.25) is 0 Å². The van der Waals surface area contributed by atoms with Crippen LogP contribution in [0, 0.1) is 0 Å². The van der Waals surface area contributed by atoms with E-state index in [2.05, 4.69) is 10.3 Å². The number of halogens is 1. The van der Waals surface area contributed by atoms with Crippen LogP contribution >= 0.6 is 11.6 Å². The number of hydrogen-bond donors (Lipinski definition) is 2. The third-order valence-electron chi connectivity index (χ3n) is 4.32. The third kappa shape index (κ3) is 8.41. The van der Waals surface area contributed by atoms with Crippen molar-refractivity contribution in [3.63, 3.8) is 0 Å². The molecule has 2 N–H and O–H groups in total. The number of aliphatic hydroxyl groups excluding tert-OH is 1. The van der Waals surface area contributed by atoms with Gasteiger partial charge in [0.2, 0.25) is 6.41 Å². The van der Waals surface area contributed by atoms with Crippen molar-refractivity contribution in [1.82, 2.24) is 10.3 Å². The van der Waals surface area contributed by atoms with Crippen molar-refractivity contribution in [2.24, 2.45) is 0 Å². The van der Waals surface area contributed by atoms with Crippen LogP contribution in [0.1, 0.15) is 12.5 Å². The largest absolute Gasteiger partial charge is 0.498 e. The normalized spacial score (nSPS) is 19.9. The van der Waals surface area contributed by atoms with Crippen molar-refractivity contribution < 1.29 is 19.4 Å². The van der Waals surface area contributed by atoms with E-state index in [4.69, 9.17) is 21.1 Å². The van der Waals surface area contributed by atoms with Gasteiger partial charge in [-0.2, -0.15) is 0 Å². The van der Waals surface area contributed by atoms with Gasteiger partial charge >= 0.3 is 0 Å². The molecule has 0 spiro atoms. The Labute approximate surface area is 193 Å². The Morgan fingerprint density at radius 1 is 1.22 bits per heavy atom. The number of aliphatic hydroxyl groups is 1. The van der Waals surface area contributed by atoms with Gasteiger partial charge in [-0.15, -0.1) is 11.6 Å². The van der Waals surface area contributed by atoms with Crippen LogP contribution in [0.25, 0.3) is 0 Å². The van der Waals surface area contributed by atoms with E-state index in [0.29, 0.717) is 30.2 Å². The van der Waals surface area contributed by atoms with E-state index in [1.165, 1.54) is 0 Å². The Hall–Kier alpha value is -3.35. The summed E-state index contributed by atoms with van der Waals surface area (Å²) in [4.78, 5) is 14.4. The lowest BCUT2D eigenvalue weighted by Crippen LogP contribution is -2.17. The van der Waals surface area contributed by atoms with Gasteiger partial charge in [0.1, 0.15) is 24.2 Å². The highest BCUT2D eigenvalue weighted by Crippen LogP contribution is 2.17. The zero-order chi connectivity index (χ0) is 23.2. The third-order valence-corrected chi connectivity index (χ3v) is 4.68. The van der Waals surface area contributed by atoms with Gasteiger partial charge in [-0.1, -0.05) is 30.4 Å². The minimum Gasteiger partial charge on any atom is -0.498 e. The molecule has 0 saturated heterocycles. The Bertz CT molecular complexity index is 959. The van der Waals surface area contributed by atoms with Crippen LogP contribution in [0.15, 0.2) is 108 Å². The number of allylic oxidation sites excluding steroid dienone is 10. The van der Waals surface area contributed by atoms with Gasteiger partial charge in [0.15, 0.2) is 0 Å². The highest BCUT2D eigenvalue weighted by Gasteiger charge is 2.11. The number of amides is 1. The van der Waals surface area contributed by atoms with Crippen molar-refractivity contribution >= 4 is 18.0 Å². The Morgan fingerprint density at radius 2 is 2.00 bits per heavy atom. The summed E-state index contributed by atoms with van der Waals surface area (Å²) in [5.41, 5.74) is 2.70. The predicted octanol–water partition coefficient (Wildman–Crippen LogP) is 4.24. The number of hydrogen-bond acceptors (Lipinski definition) is 5. The lowest BCUT2D eigenvalue weighted by molar-refractivity contribution is -0.108. The first-order valence-electron chi connectivity index (χ1n) is 9.98. The second kappa shape index (κ2) is 13.9. The Kier molecular flexibility index (Phi) is 10.8. The average Bonchev–Trinajstić information content (AvgIpc) is 3.09. The van der Waals surface area contributed by atoms with Crippen LogP contribution in [-0.4, -0.2) is 35.1 Å². The van der Waals surface area contributed by atoms with Crippen LogP contribution < -0.4 is 5.32 Å². The molecule has 1 aromatic heterocycles. The molecule has 6 nitrogen and oxygen atoms in total. The van der Waals surface area contributed by atoms with E-state index in [1.54, 1.807) is 56.0 Å². The summed E-state index contributed by atoms with van der Waals surface area (Å²) in [6.07, 6.45) is 21.7. The van der Waals surface area contributed by atoms with Crippen molar-refractivity contribution in [3.8, 4) is 0 Å². The predicted molar refractivity (Wildman–Crippen MR) is 126 cm³/mol. The fourth-order valence-corrected chi connectivity index (χ4v) is 2.95. The molecule has 2 atom stereocenters. The summed E-state index contributed by atoms with van der Waals surface area (Å²) in [6.45, 7) is 2.40. The Balaban J connectivity index is 0.000000244. The molecule has 0 saturated carbocycles. The number of carbonyl (C=O) groups excluding carboxylic acids is 1. The molecule has 7 heteroatoms. The van der Waals surface area contributed by atoms with Crippen LogP contribution in [0.4, 0.5) is 0 Å². The number of methoxy groups -OCH3 is 1. The molecule has 32 heavy (non-hydrogen) atoms. The van der Waals surface area contributed by atoms with Gasteiger partial charge in [0.25, 0.3) is 0 Å². The maximum Gasteiger partial charge on any atom is 0.211 e. The highest BCUT2D eigenvalue weighted by atomic mass is 35.5. The summed E-state index contributed by atoms with van der Waals surface area (Å²) in [6, 6.07) is 3.77. The van der Waals surface area contributed by atoms with Crippen LogP contribution in [-0.2, 0) is 20.9 Å². The molecule has 0 radical (unpaired) electrons. The second-order valence-electron chi connectivity index (χ2n) is 6.60. The molecule has 3 rings (SSSR count). The average molecular weight is 455 g/mol. The van der Waals surface area contributed by atoms with E-state index in [9.17, 15) is 9.90 Å².